The van der Waals surface area contributed by atoms with Crippen LogP contribution in [0.4, 0.5) is 14.5 Å². The van der Waals surface area contributed by atoms with E-state index in [0.717, 1.165) is 11.6 Å². The Morgan fingerprint density at radius 3 is 2.62 bits per heavy atom. The van der Waals surface area contributed by atoms with Crippen LogP contribution < -0.4 is 10.0 Å². The maximum atomic E-state index is 13.9. The number of rotatable bonds is 4. The molecule has 0 unspecified atom stereocenters. The van der Waals surface area contributed by atoms with Crippen LogP contribution in [0.25, 0.3) is 0 Å². The number of benzene rings is 2. The quantitative estimate of drug-likeness (QED) is 0.855. The molecule has 0 aliphatic carbocycles. The van der Waals surface area contributed by atoms with Crippen molar-refractivity contribution in [2.75, 3.05) is 5.32 Å². The third kappa shape index (κ3) is 3.91. The largest absolute Gasteiger partial charge is 0.326 e. The van der Waals surface area contributed by atoms with Gasteiger partial charge in [-0.2, -0.15) is 0 Å². The molecular formula is C18H18F2N2O3S. The fraction of sp³-hybridized carbons (Fsp3) is 0.278. The molecule has 0 fully saturated rings. The fourth-order valence-electron chi connectivity index (χ4n) is 2.94. The SMILES string of the molecule is C[C@@H](NS(=O)(=O)c1ccc2c(c1)CCCC(=O)N2)c1ccc(F)cc1F. The summed E-state index contributed by atoms with van der Waals surface area (Å²) in [4.78, 5) is 11.6. The average molecular weight is 380 g/mol. The van der Waals surface area contributed by atoms with E-state index in [-0.39, 0.29) is 16.4 Å². The lowest BCUT2D eigenvalue weighted by atomic mass is 10.1. The van der Waals surface area contributed by atoms with Crippen LogP contribution >= 0.6 is 0 Å². The van der Waals surface area contributed by atoms with Crippen molar-refractivity contribution in [3.63, 3.8) is 0 Å². The lowest BCUT2D eigenvalue weighted by molar-refractivity contribution is -0.116. The van der Waals surface area contributed by atoms with Crippen molar-refractivity contribution >= 4 is 21.6 Å². The maximum Gasteiger partial charge on any atom is 0.241 e. The average Bonchev–Trinajstić information content (AvgIpc) is 2.74. The zero-order valence-corrected chi connectivity index (χ0v) is 14.9. The summed E-state index contributed by atoms with van der Waals surface area (Å²) in [5.74, 6) is -1.64. The van der Waals surface area contributed by atoms with Gasteiger partial charge in [-0.25, -0.2) is 21.9 Å². The number of nitrogens with one attached hydrogen (secondary N) is 2. The fourth-order valence-corrected chi connectivity index (χ4v) is 4.21. The van der Waals surface area contributed by atoms with Gasteiger partial charge in [-0.05, 0) is 49.6 Å². The van der Waals surface area contributed by atoms with Gasteiger partial charge >= 0.3 is 0 Å². The summed E-state index contributed by atoms with van der Waals surface area (Å²) < 4.78 is 54.6. The van der Waals surface area contributed by atoms with Gasteiger partial charge in [-0.15, -0.1) is 0 Å². The molecule has 5 nitrogen and oxygen atoms in total. The van der Waals surface area contributed by atoms with Crippen molar-refractivity contribution in [2.45, 2.75) is 37.1 Å². The van der Waals surface area contributed by atoms with E-state index in [1.807, 2.05) is 0 Å². The first-order valence-electron chi connectivity index (χ1n) is 8.16. The molecule has 1 atom stereocenters. The van der Waals surface area contributed by atoms with Crippen LogP contribution in [0.2, 0.25) is 0 Å². The number of hydrogen-bond donors (Lipinski definition) is 2. The minimum Gasteiger partial charge on any atom is -0.326 e. The molecule has 0 aromatic heterocycles. The summed E-state index contributed by atoms with van der Waals surface area (Å²) in [6.07, 6.45) is 1.60. The smallest absolute Gasteiger partial charge is 0.241 e. The molecule has 26 heavy (non-hydrogen) atoms. The Balaban J connectivity index is 1.86. The molecule has 2 aromatic rings. The van der Waals surface area contributed by atoms with E-state index in [1.54, 1.807) is 6.07 Å². The first-order valence-corrected chi connectivity index (χ1v) is 9.64. The predicted octanol–water partition coefficient (Wildman–Crippen LogP) is 3.28. The monoisotopic (exact) mass is 380 g/mol. The lowest BCUT2D eigenvalue weighted by Gasteiger charge is -2.16. The van der Waals surface area contributed by atoms with Crippen molar-refractivity contribution in [1.82, 2.24) is 4.72 Å². The standard InChI is InChI=1S/C18H18F2N2O3S/c1-11(15-7-5-13(19)10-16(15)20)22-26(24,25)14-6-8-17-12(9-14)3-2-4-18(23)21-17/h5-11,22H,2-4H2,1H3,(H,21,23)/t11-/m1/s1. The minimum atomic E-state index is -3.92. The van der Waals surface area contributed by atoms with Crippen molar-refractivity contribution in [3.05, 3.63) is 59.2 Å². The number of carbonyl (C=O) groups is 1. The molecule has 1 aliphatic heterocycles. The normalized spacial score (nSPS) is 15.7. The maximum absolute atomic E-state index is 13.9. The van der Waals surface area contributed by atoms with E-state index in [1.165, 1.54) is 25.1 Å². The molecule has 0 saturated carbocycles. The van der Waals surface area contributed by atoms with Gasteiger partial charge in [-0.1, -0.05) is 6.07 Å². The highest BCUT2D eigenvalue weighted by Crippen LogP contribution is 2.26. The molecule has 0 saturated heterocycles. The number of hydrogen-bond acceptors (Lipinski definition) is 3. The van der Waals surface area contributed by atoms with E-state index in [0.29, 0.717) is 31.0 Å². The second-order valence-electron chi connectivity index (χ2n) is 6.23. The highest BCUT2D eigenvalue weighted by atomic mass is 32.2. The molecule has 8 heteroatoms. The molecule has 2 N–H and O–H groups in total. The summed E-state index contributed by atoms with van der Waals surface area (Å²) in [5.41, 5.74) is 1.39. The lowest BCUT2D eigenvalue weighted by Crippen LogP contribution is -2.27. The van der Waals surface area contributed by atoms with Gasteiger partial charge in [0.25, 0.3) is 0 Å². The van der Waals surface area contributed by atoms with Gasteiger partial charge in [0.15, 0.2) is 0 Å². The van der Waals surface area contributed by atoms with Crippen molar-refractivity contribution in [3.8, 4) is 0 Å². The Hall–Kier alpha value is -2.32. The molecule has 0 radical (unpaired) electrons. The molecule has 0 bridgehead atoms. The van der Waals surface area contributed by atoms with E-state index in [4.69, 9.17) is 0 Å². The molecule has 0 spiro atoms. The Labute approximate surface area is 150 Å². The molecule has 1 amide bonds. The highest BCUT2D eigenvalue weighted by molar-refractivity contribution is 7.89. The molecule has 2 aromatic carbocycles. The molecule has 3 rings (SSSR count). The van der Waals surface area contributed by atoms with Crippen LogP contribution in [0.1, 0.15) is 36.9 Å². The van der Waals surface area contributed by atoms with Gasteiger partial charge < -0.3 is 5.32 Å². The van der Waals surface area contributed by atoms with E-state index >= 15 is 0 Å². The van der Waals surface area contributed by atoms with E-state index in [9.17, 15) is 22.0 Å². The molecule has 1 heterocycles. The number of fused-ring (bicyclic) bond motifs is 1. The van der Waals surface area contributed by atoms with Crippen LogP contribution in [-0.2, 0) is 21.2 Å². The van der Waals surface area contributed by atoms with E-state index < -0.39 is 27.7 Å². The van der Waals surface area contributed by atoms with Gasteiger partial charge in [-0.3, -0.25) is 4.79 Å². The van der Waals surface area contributed by atoms with Gasteiger partial charge in [0.2, 0.25) is 15.9 Å². The Bertz CT molecular complexity index is 961. The third-order valence-corrected chi connectivity index (χ3v) is 5.81. The summed E-state index contributed by atoms with van der Waals surface area (Å²) in [6.45, 7) is 1.48. The first kappa shape index (κ1) is 18.5. The van der Waals surface area contributed by atoms with Crippen LogP contribution in [0.3, 0.4) is 0 Å². The number of amides is 1. The van der Waals surface area contributed by atoms with Crippen LogP contribution in [0, 0.1) is 11.6 Å². The molecule has 138 valence electrons. The number of halogens is 2. The van der Waals surface area contributed by atoms with Crippen LogP contribution in [-0.4, -0.2) is 14.3 Å². The van der Waals surface area contributed by atoms with Crippen molar-refractivity contribution in [1.29, 1.82) is 0 Å². The molecule has 1 aliphatic rings. The van der Waals surface area contributed by atoms with Crippen molar-refractivity contribution in [2.24, 2.45) is 0 Å². The summed E-state index contributed by atoms with van der Waals surface area (Å²) >= 11 is 0. The Kier molecular flexibility index (Phi) is 5.06. The zero-order chi connectivity index (χ0) is 18.9. The third-order valence-electron chi connectivity index (χ3n) is 4.27. The number of anilines is 1. The number of sulfonamides is 1. The first-order chi connectivity index (χ1) is 12.3. The minimum absolute atomic E-state index is 0.0294. The second kappa shape index (κ2) is 7.13. The summed E-state index contributed by atoms with van der Waals surface area (Å²) in [7, 11) is -3.92. The van der Waals surface area contributed by atoms with Gasteiger partial charge in [0, 0.05) is 29.8 Å². The van der Waals surface area contributed by atoms with Crippen molar-refractivity contribution < 1.29 is 22.0 Å². The van der Waals surface area contributed by atoms with Crippen LogP contribution in [0.15, 0.2) is 41.3 Å². The Morgan fingerprint density at radius 2 is 1.88 bits per heavy atom. The number of carbonyl (C=O) groups excluding carboxylic acids is 1. The predicted molar refractivity (Wildman–Crippen MR) is 93.1 cm³/mol. The second-order valence-corrected chi connectivity index (χ2v) is 7.94. The summed E-state index contributed by atoms with van der Waals surface area (Å²) in [5, 5.41) is 2.74. The Morgan fingerprint density at radius 1 is 1.12 bits per heavy atom. The summed E-state index contributed by atoms with van der Waals surface area (Å²) in [6, 6.07) is 6.58. The van der Waals surface area contributed by atoms with Gasteiger partial charge in [0.1, 0.15) is 11.6 Å². The molecular weight excluding hydrogens is 362 g/mol. The van der Waals surface area contributed by atoms with Crippen LogP contribution in [0.5, 0.6) is 0 Å². The topological polar surface area (TPSA) is 75.3 Å². The highest BCUT2D eigenvalue weighted by Gasteiger charge is 2.22. The van der Waals surface area contributed by atoms with E-state index in [2.05, 4.69) is 10.0 Å². The number of aryl methyl sites for hydroxylation is 1. The zero-order valence-electron chi connectivity index (χ0n) is 14.1. The van der Waals surface area contributed by atoms with Gasteiger partial charge in [0.05, 0.1) is 4.90 Å².